The number of amides is 2. The van der Waals surface area contributed by atoms with Crippen molar-refractivity contribution in [3.63, 3.8) is 0 Å². The maximum atomic E-state index is 13.2. The lowest BCUT2D eigenvalue weighted by Gasteiger charge is -2.35. The first-order valence-electron chi connectivity index (χ1n) is 11.1. The van der Waals surface area contributed by atoms with Crippen LogP contribution in [0.2, 0.25) is 0 Å². The standard InChI is InChI=1S/C25H36N4O2/c1-20-16-28(17-21(2)31-20)19-23-12-8-9-13-24(23)26-25(30)29(15-14-27(3)4)18-22-10-6-5-7-11-22/h5-13,20-21H,14-19H2,1-4H3,(H,26,30). The summed E-state index contributed by atoms with van der Waals surface area (Å²) >= 11 is 0. The lowest BCUT2D eigenvalue weighted by Crippen LogP contribution is -2.45. The third kappa shape index (κ3) is 7.35. The van der Waals surface area contributed by atoms with Gasteiger partial charge in [0.05, 0.1) is 12.2 Å². The highest BCUT2D eigenvalue weighted by molar-refractivity contribution is 5.90. The van der Waals surface area contributed by atoms with E-state index in [-0.39, 0.29) is 18.2 Å². The van der Waals surface area contributed by atoms with Crippen LogP contribution in [-0.2, 0) is 17.8 Å². The van der Waals surface area contributed by atoms with Crippen molar-refractivity contribution in [1.29, 1.82) is 0 Å². The number of ether oxygens (including phenoxy) is 1. The summed E-state index contributed by atoms with van der Waals surface area (Å²) < 4.78 is 5.86. The Hall–Kier alpha value is -2.41. The lowest BCUT2D eigenvalue weighted by molar-refractivity contribution is -0.0704. The number of rotatable bonds is 8. The fourth-order valence-electron chi connectivity index (χ4n) is 4.01. The number of likely N-dealkylation sites (N-methyl/N-ethyl adjacent to an activating group) is 1. The molecule has 1 heterocycles. The molecule has 1 aliphatic rings. The van der Waals surface area contributed by atoms with Crippen molar-refractivity contribution < 1.29 is 9.53 Å². The van der Waals surface area contributed by atoms with Crippen LogP contribution in [0.1, 0.15) is 25.0 Å². The maximum Gasteiger partial charge on any atom is 0.322 e. The van der Waals surface area contributed by atoms with Crippen LogP contribution >= 0.6 is 0 Å². The Kier molecular flexibility index (Phi) is 8.46. The average Bonchev–Trinajstić information content (AvgIpc) is 2.72. The monoisotopic (exact) mass is 424 g/mol. The molecule has 31 heavy (non-hydrogen) atoms. The van der Waals surface area contributed by atoms with Gasteiger partial charge in [0.25, 0.3) is 0 Å². The number of nitrogens with one attached hydrogen (secondary N) is 1. The third-order valence-electron chi connectivity index (χ3n) is 5.47. The second-order valence-corrected chi connectivity index (χ2v) is 8.75. The predicted molar refractivity (Wildman–Crippen MR) is 126 cm³/mol. The second kappa shape index (κ2) is 11.3. The van der Waals surface area contributed by atoms with Gasteiger partial charge in [-0.2, -0.15) is 0 Å². The molecule has 6 nitrogen and oxygen atoms in total. The Morgan fingerprint density at radius 3 is 2.32 bits per heavy atom. The van der Waals surface area contributed by atoms with Crippen LogP contribution in [0.3, 0.4) is 0 Å². The van der Waals surface area contributed by atoms with E-state index in [1.807, 2.05) is 55.4 Å². The van der Waals surface area contributed by atoms with Gasteiger partial charge >= 0.3 is 6.03 Å². The molecule has 1 N–H and O–H groups in total. The quantitative estimate of drug-likeness (QED) is 0.698. The van der Waals surface area contributed by atoms with E-state index < -0.39 is 0 Å². The van der Waals surface area contributed by atoms with Crippen LogP contribution in [0.15, 0.2) is 54.6 Å². The van der Waals surface area contributed by atoms with Crippen LogP contribution in [0.5, 0.6) is 0 Å². The van der Waals surface area contributed by atoms with Gasteiger partial charge < -0.3 is 19.9 Å². The van der Waals surface area contributed by atoms with Gasteiger partial charge in [0.1, 0.15) is 0 Å². The minimum Gasteiger partial charge on any atom is -0.373 e. The second-order valence-electron chi connectivity index (χ2n) is 8.75. The van der Waals surface area contributed by atoms with Crippen LogP contribution in [-0.4, -0.2) is 73.2 Å². The lowest BCUT2D eigenvalue weighted by atomic mass is 10.1. The van der Waals surface area contributed by atoms with Crippen molar-refractivity contribution in [2.75, 3.05) is 45.6 Å². The molecule has 0 bridgehead atoms. The Bertz CT molecular complexity index is 817. The Balaban J connectivity index is 1.70. The first-order chi connectivity index (χ1) is 14.9. The van der Waals surface area contributed by atoms with Gasteiger partial charge in [0.2, 0.25) is 0 Å². The molecule has 0 saturated carbocycles. The van der Waals surface area contributed by atoms with E-state index in [1.54, 1.807) is 0 Å². The summed E-state index contributed by atoms with van der Waals surface area (Å²) in [4.78, 5) is 19.6. The van der Waals surface area contributed by atoms with E-state index in [2.05, 4.69) is 47.2 Å². The molecule has 0 aromatic heterocycles. The van der Waals surface area contributed by atoms with Gasteiger partial charge in [0.15, 0.2) is 0 Å². The molecule has 2 aromatic rings. The van der Waals surface area contributed by atoms with Gasteiger partial charge in [-0.05, 0) is 45.1 Å². The van der Waals surface area contributed by atoms with Crippen molar-refractivity contribution in [1.82, 2.24) is 14.7 Å². The molecular weight excluding hydrogens is 388 g/mol. The van der Waals surface area contributed by atoms with Gasteiger partial charge in [-0.3, -0.25) is 4.90 Å². The van der Waals surface area contributed by atoms with E-state index in [1.165, 1.54) is 0 Å². The molecule has 3 rings (SSSR count). The molecule has 2 amide bonds. The van der Waals surface area contributed by atoms with Gasteiger partial charge in [0, 0.05) is 45.0 Å². The predicted octanol–water partition coefficient (Wildman–Crippen LogP) is 3.89. The van der Waals surface area contributed by atoms with Gasteiger partial charge in [-0.15, -0.1) is 0 Å². The molecule has 0 aliphatic carbocycles. The zero-order chi connectivity index (χ0) is 22.2. The molecule has 0 spiro atoms. The highest BCUT2D eigenvalue weighted by Gasteiger charge is 2.23. The number of nitrogens with zero attached hydrogens (tertiary/aromatic N) is 3. The number of carbonyl (C=O) groups is 1. The SMILES string of the molecule is CC1CN(Cc2ccccc2NC(=O)N(CCN(C)C)Cc2ccccc2)CC(C)O1. The topological polar surface area (TPSA) is 48.1 Å². The number of anilines is 1. The van der Waals surface area contributed by atoms with Crippen molar-refractivity contribution in [2.24, 2.45) is 0 Å². The maximum absolute atomic E-state index is 13.2. The Labute approximate surface area is 186 Å². The van der Waals surface area contributed by atoms with Crippen LogP contribution in [0, 0.1) is 0 Å². The molecular formula is C25H36N4O2. The molecule has 0 radical (unpaired) electrons. The molecule has 1 fully saturated rings. The number of carbonyl (C=O) groups excluding carboxylic acids is 1. The summed E-state index contributed by atoms with van der Waals surface area (Å²) in [6.45, 7) is 8.88. The van der Waals surface area contributed by atoms with Crippen molar-refractivity contribution in [3.8, 4) is 0 Å². The normalized spacial score (nSPS) is 19.4. The summed E-state index contributed by atoms with van der Waals surface area (Å²) in [5.74, 6) is 0. The van der Waals surface area contributed by atoms with Crippen LogP contribution < -0.4 is 5.32 Å². The van der Waals surface area contributed by atoms with E-state index in [0.717, 1.165) is 43.0 Å². The average molecular weight is 425 g/mol. The first-order valence-corrected chi connectivity index (χ1v) is 11.1. The first kappa shape index (κ1) is 23.3. The molecule has 1 aliphatic heterocycles. The minimum atomic E-state index is -0.0677. The van der Waals surface area contributed by atoms with Crippen molar-refractivity contribution in [2.45, 2.75) is 39.1 Å². The fourth-order valence-corrected chi connectivity index (χ4v) is 4.01. The molecule has 6 heteroatoms. The largest absolute Gasteiger partial charge is 0.373 e. The third-order valence-corrected chi connectivity index (χ3v) is 5.47. The zero-order valence-corrected chi connectivity index (χ0v) is 19.3. The van der Waals surface area contributed by atoms with E-state index in [0.29, 0.717) is 13.1 Å². The van der Waals surface area contributed by atoms with Crippen molar-refractivity contribution >= 4 is 11.7 Å². The van der Waals surface area contributed by atoms with Crippen LogP contribution in [0.25, 0.3) is 0 Å². The number of hydrogen-bond donors (Lipinski definition) is 1. The van der Waals surface area contributed by atoms with Crippen molar-refractivity contribution in [3.05, 3.63) is 65.7 Å². The molecule has 1 saturated heterocycles. The number of urea groups is 1. The van der Waals surface area contributed by atoms with E-state index >= 15 is 0 Å². The zero-order valence-electron chi connectivity index (χ0n) is 19.3. The summed E-state index contributed by atoms with van der Waals surface area (Å²) in [5.41, 5.74) is 3.13. The fraction of sp³-hybridized carbons (Fsp3) is 0.480. The molecule has 2 atom stereocenters. The highest BCUT2D eigenvalue weighted by atomic mass is 16.5. The number of hydrogen-bond acceptors (Lipinski definition) is 4. The summed E-state index contributed by atoms with van der Waals surface area (Å²) in [5, 5.41) is 3.18. The molecule has 168 valence electrons. The molecule has 2 aromatic carbocycles. The minimum absolute atomic E-state index is 0.0677. The smallest absolute Gasteiger partial charge is 0.322 e. The van der Waals surface area contributed by atoms with Gasteiger partial charge in [-0.25, -0.2) is 4.79 Å². The Morgan fingerprint density at radius 1 is 1.00 bits per heavy atom. The van der Waals surface area contributed by atoms with Gasteiger partial charge in [-0.1, -0.05) is 48.5 Å². The summed E-state index contributed by atoms with van der Waals surface area (Å²) in [6, 6.07) is 18.2. The number of morpholine rings is 1. The highest BCUT2D eigenvalue weighted by Crippen LogP contribution is 2.21. The number of benzene rings is 2. The Morgan fingerprint density at radius 2 is 1.65 bits per heavy atom. The van der Waals surface area contributed by atoms with E-state index in [9.17, 15) is 4.79 Å². The summed E-state index contributed by atoms with van der Waals surface area (Å²) in [6.07, 6.45) is 0.441. The van der Waals surface area contributed by atoms with E-state index in [4.69, 9.17) is 4.74 Å². The summed E-state index contributed by atoms with van der Waals surface area (Å²) in [7, 11) is 4.05. The van der Waals surface area contributed by atoms with Crippen LogP contribution in [0.4, 0.5) is 10.5 Å². The molecule has 2 unspecified atom stereocenters. The number of para-hydroxylation sites is 1.